The third-order valence-corrected chi connectivity index (χ3v) is 3.78. The first-order valence-electron chi connectivity index (χ1n) is 7.21. The van der Waals surface area contributed by atoms with Crippen LogP contribution in [0.2, 0.25) is 0 Å². The van der Waals surface area contributed by atoms with Gasteiger partial charge in [-0.15, -0.1) is 0 Å². The molecule has 1 heterocycles. The number of nitrogens with one attached hydrogen (secondary N) is 1. The smallest absolute Gasteiger partial charge is 0.0816 e. The Labute approximate surface area is 121 Å². The second kappa shape index (κ2) is 6.33. The molecule has 1 N–H and O–H groups in total. The lowest BCUT2D eigenvalue weighted by molar-refractivity contribution is -0.0110. The zero-order valence-electron chi connectivity index (χ0n) is 12.8. The van der Waals surface area contributed by atoms with Gasteiger partial charge in [-0.05, 0) is 44.5 Å². The Morgan fingerprint density at radius 2 is 2.10 bits per heavy atom. The maximum Gasteiger partial charge on any atom is 0.0816 e. The van der Waals surface area contributed by atoms with Gasteiger partial charge in [-0.1, -0.05) is 25.1 Å². The molecule has 1 aromatic heterocycles. The Kier molecular flexibility index (Phi) is 4.73. The van der Waals surface area contributed by atoms with E-state index in [1.54, 1.807) is 7.11 Å². The van der Waals surface area contributed by atoms with Crippen LogP contribution in [0, 0.1) is 0 Å². The first kappa shape index (κ1) is 14.9. The lowest BCUT2D eigenvalue weighted by Crippen LogP contribution is -2.41. The molecule has 1 aromatic carbocycles. The van der Waals surface area contributed by atoms with Gasteiger partial charge in [0.25, 0.3) is 0 Å². The van der Waals surface area contributed by atoms with Gasteiger partial charge in [0.1, 0.15) is 0 Å². The first-order chi connectivity index (χ1) is 9.58. The third kappa shape index (κ3) is 3.17. The highest BCUT2D eigenvalue weighted by molar-refractivity contribution is 5.79. The van der Waals surface area contributed by atoms with Gasteiger partial charge in [0, 0.05) is 18.7 Å². The summed E-state index contributed by atoms with van der Waals surface area (Å²) in [4.78, 5) is 4.44. The molecule has 0 saturated carbocycles. The average Bonchev–Trinajstić information content (AvgIpc) is 2.47. The molecule has 0 aliphatic carbocycles. The molecule has 108 valence electrons. The number of rotatable bonds is 6. The Morgan fingerprint density at radius 3 is 2.80 bits per heavy atom. The number of pyridine rings is 1. The summed E-state index contributed by atoms with van der Waals surface area (Å²) in [6.45, 7) is 7.37. The van der Waals surface area contributed by atoms with Gasteiger partial charge in [0.05, 0.1) is 17.2 Å². The van der Waals surface area contributed by atoms with Crippen LogP contribution in [0.4, 0.5) is 0 Å². The van der Waals surface area contributed by atoms with Crippen molar-refractivity contribution in [1.82, 2.24) is 10.3 Å². The normalized spacial score (nSPS) is 13.6. The van der Waals surface area contributed by atoms with Crippen molar-refractivity contribution >= 4 is 10.9 Å². The average molecular weight is 272 g/mol. The van der Waals surface area contributed by atoms with Crippen LogP contribution in [0.15, 0.2) is 36.5 Å². The molecule has 0 saturated heterocycles. The van der Waals surface area contributed by atoms with Crippen molar-refractivity contribution in [3.63, 3.8) is 0 Å². The minimum atomic E-state index is -0.266. The van der Waals surface area contributed by atoms with Gasteiger partial charge < -0.3 is 10.1 Å². The standard InChI is InChI=1S/C17H24N2O/c1-5-10-19-16(17(2,3)20-4)14-9-8-13-7-6-11-18-15(13)12-14/h6-9,11-12,16,19H,5,10H2,1-4H3. The van der Waals surface area contributed by atoms with Crippen molar-refractivity contribution in [2.75, 3.05) is 13.7 Å². The van der Waals surface area contributed by atoms with E-state index < -0.39 is 0 Å². The van der Waals surface area contributed by atoms with E-state index in [4.69, 9.17) is 4.74 Å². The van der Waals surface area contributed by atoms with E-state index in [1.807, 2.05) is 12.3 Å². The first-order valence-corrected chi connectivity index (χ1v) is 7.21. The largest absolute Gasteiger partial charge is 0.377 e. The maximum atomic E-state index is 5.68. The zero-order chi connectivity index (χ0) is 14.6. The molecule has 0 radical (unpaired) electrons. The number of benzene rings is 1. The maximum absolute atomic E-state index is 5.68. The van der Waals surface area contributed by atoms with Crippen molar-refractivity contribution in [3.05, 3.63) is 42.1 Å². The number of hydrogen-bond donors (Lipinski definition) is 1. The van der Waals surface area contributed by atoms with E-state index >= 15 is 0 Å². The van der Waals surface area contributed by atoms with Gasteiger partial charge in [-0.25, -0.2) is 0 Å². The number of hydrogen-bond acceptors (Lipinski definition) is 3. The molecule has 1 atom stereocenters. The molecule has 0 bridgehead atoms. The Morgan fingerprint density at radius 1 is 1.30 bits per heavy atom. The number of fused-ring (bicyclic) bond motifs is 1. The summed E-state index contributed by atoms with van der Waals surface area (Å²) in [5, 5.41) is 4.76. The molecular weight excluding hydrogens is 248 g/mol. The van der Waals surface area contributed by atoms with E-state index in [9.17, 15) is 0 Å². The fraction of sp³-hybridized carbons (Fsp3) is 0.471. The Hall–Kier alpha value is -1.45. The second-order valence-corrected chi connectivity index (χ2v) is 5.65. The van der Waals surface area contributed by atoms with Crippen molar-refractivity contribution in [3.8, 4) is 0 Å². The van der Waals surface area contributed by atoms with Gasteiger partial charge in [-0.2, -0.15) is 0 Å². The zero-order valence-corrected chi connectivity index (χ0v) is 12.8. The molecular formula is C17H24N2O. The van der Waals surface area contributed by atoms with Crippen LogP contribution in [0.3, 0.4) is 0 Å². The van der Waals surface area contributed by atoms with Crippen LogP contribution < -0.4 is 5.32 Å². The fourth-order valence-electron chi connectivity index (χ4n) is 2.43. The second-order valence-electron chi connectivity index (χ2n) is 5.65. The van der Waals surface area contributed by atoms with Crippen molar-refractivity contribution in [2.45, 2.75) is 38.8 Å². The highest BCUT2D eigenvalue weighted by Crippen LogP contribution is 2.30. The van der Waals surface area contributed by atoms with Crippen LogP contribution in [-0.2, 0) is 4.74 Å². The van der Waals surface area contributed by atoms with Crippen molar-refractivity contribution < 1.29 is 4.74 Å². The Balaban J connectivity index is 2.39. The summed E-state index contributed by atoms with van der Waals surface area (Å²) in [6.07, 6.45) is 2.93. The predicted octanol–water partition coefficient (Wildman–Crippen LogP) is 3.70. The predicted molar refractivity (Wildman–Crippen MR) is 83.9 cm³/mol. The van der Waals surface area contributed by atoms with E-state index in [2.05, 4.69) is 55.3 Å². The molecule has 3 heteroatoms. The minimum Gasteiger partial charge on any atom is -0.377 e. The third-order valence-electron chi connectivity index (χ3n) is 3.78. The van der Waals surface area contributed by atoms with Crippen LogP contribution in [-0.4, -0.2) is 24.2 Å². The van der Waals surface area contributed by atoms with E-state index in [0.29, 0.717) is 0 Å². The quantitative estimate of drug-likeness (QED) is 0.870. The van der Waals surface area contributed by atoms with E-state index in [1.165, 1.54) is 10.9 Å². The van der Waals surface area contributed by atoms with Crippen LogP contribution in [0.1, 0.15) is 38.8 Å². The molecule has 2 aromatic rings. The summed E-state index contributed by atoms with van der Waals surface area (Å²) in [5.74, 6) is 0. The van der Waals surface area contributed by atoms with Crippen LogP contribution in [0.5, 0.6) is 0 Å². The molecule has 0 aliphatic rings. The van der Waals surface area contributed by atoms with Gasteiger partial charge >= 0.3 is 0 Å². The topological polar surface area (TPSA) is 34.2 Å². The van der Waals surface area contributed by atoms with Crippen LogP contribution >= 0.6 is 0 Å². The molecule has 3 nitrogen and oxygen atoms in total. The summed E-state index contributed by atoms with van der Waals surface area (Å²) >= 11 is 0. The van der Waals surface area contributed by atoms with Crippen LogP contribution in [0.25, 0.3) is 10.9 Å². The number of nitrogens with zero attached hydrogens (tertiary/aromatic N) is 1. The number of methoxy groups -OCH3 is 1. The molecule has 2 rings (SSSR count). The molecule has 20 heavy (non-hydrogen) atoms. The van der Waals surface area contributed by atoms with E-state index in [0.717, 1.165) is 18.5 Å². The summed E-state index contributed by atoms with van der Waals surface area (Å²) in [5.41, 5.74) is 1.98. The van der Waals surface area contributed by atoms with Crippen molar-refractivity contribution in [2.24, 2.45) is 0 Å². The molecule has 1 unspecified atom stereocenters. The molecule has 0 spiro atoms. The summed E-state index contributed by atoms with van der Waals surface area (Å²) in [7, 11) is 1.76. The van der Waals surface area contributed by atoms with Gasteiger partial charge in [0.15, 0.2) is 0 Å². The molecule has 0 amide bonds. The number of ether oxygens (including phenoxy) is 1. The minimum absolute atomic E-state index is 0.152. The molecule has 0 aliphatic heterocycles. The number of aromatic nitrogens is 1. The fourth-order valence-corrected chi connectivity index (χ4v) is 2.43. The van der Waals surface area contributed by atoms with Gasteiger partial charge in [0.2, 0.25) is 0 Å². The Bertz CT molecular complexity index is 566. The summed E-state index contributed by atoms with van der Waals surface area (Å²) in [6, 6.07) is 10.7. The van der Waals surface area contributed by atoms with E-state index in [-0.39, 0.29) is 11.6 Å². The highest BCUT2D eigenvalue weighted by Gasteiger charge is 2.30. The monoisotopic (exact) mass is 272 g/mol. The highest BCUT2D eigenvalue weighted by atomic mass is 16.5. The molecule has 0 fully saturated rings. The van der Waals surface area contributed by atoms with Crippen molar-refractivity contribution in [1.29, 1.82) is 0 Å². The lowest BCUT2D eigenvalue weighted by atomic mass is 9.90. The van der Waals surface area contributed by atoms with Gasteiger partial charge in [-0.3, -0.25) is 4.98 Å². The SMILES string of the molecule is CCCNC(c1ccc2cccnc2c1)C(C)(C)OC. The lowest BCUT2D eigenvalue weighted by Gasteiger charge is -2.34. The summed E-state index contributed by atoms with van der Waals surface area (Å²) < 4.78 is 5.68.